The van der Waals surface area contributed by atoms with Gasteiger partial charge in [0.05, 0.1) is 0 Å². The second-order valence-electron chi connectivity index (χ2n) is 6.90. The normalized spacial score (nSPS) is 16.5. The zero-order valence-corrected chi connectivity index (χ0v) is 16.0. The fourth-order valence-corrected chi connectivity index (χ4v) is 3.64. The number of hydrogen-bond donors (Lipinski definition) is 2. The van der Waals surface area contributed by atoms with E-state index in [-0.39, 0.29) is 23.4 Å². The zero-order chi connectivity index (χ0) is 19.2. The number of hydrogen-bond acceptors (Lipinski definition) is 4. The van der Waals surface area contributed by atoms with Crippen molar-refractivity contribution in [2.24, 2.45) is 0 Å². The first kappa shape index (κ1) is 20.9. The minimum atomic E-state index is -1.88. The highest BCUT2D eigenvalue weighted by Gasteiger charge is 2.39. The van der Waals surface area contributed by atoms with E-state index >= 15 is 0 Å². The summed E-state index contributed by atoms with van der Waals surface area (Å²) in [4.78, 5) is 14.2. The van der Waals surface area contributed by atoms with Crippen LogP contribution in [0.5, 0.6) is 0 Å². The fourth-order valence-electron chi connectivity index (χ4n) is 2.92. The van der Waals surface area contributed by atoms with Crippen molar-refractivity contribution in [1.29, 1.82) is 0 Å². The summed E-state index contributed by atoms with van der Waals surface area (Å²) >= 11 is 0.736. The molecule has 4 nitrogen and oxygen atoms in total. The summed E-state index contributed by atoms with van der Waals surface area (Å²) in [7, 11) is 3.85. The summed E-state index contributed by atoms with van der Waals surface area (Å²) < 4.78 is 45.2. The zero-order valence-electron chi connectivity index (χ0n) is 15.2. The maximum Gasteiger partial charge on any atom is 0.267 e. The lowest BCUT2D eigenvalue weighted by Gasteiger charge is -2.27. The van der Waals surface area contributed by atoms with E-state index in [2.05, 4.69) is 10.0 Å². The van der Waals surface area contributed by atoms with E-state index in [4.69, 9.17) is 0 Å². The van der Waals surface area contributed by atoms with Crippen molar-refractivity contribution in [3.05, 3.63) is 23.8 Å². The molecule has 0 aliphatic heterocycles. The summed E-state index contributed by atoms with van der Waals surface area (Å²) in [5, 5.41) is 2.75. The van der Waals surface area contributed by atoms with Crippen LogP contribution in [0.4, 0.5) is 18.9 Å². The standard InChI is InChI=1S/C18H26F3N3OS/c1-24(2)10-6-9-22-16-14(19)11-13(12-15(16)20)26-23-17(25)18(21)7-4-3-5-8-18/h11-12,22H,3-10H2,1-2H3,(H,23,25). The van der Waals surface area contributed by atoms with E-state index < -0.39 is 23.2 Å². The first-order valence-corrected chi connectivity index (χ1v) is 9.67. The Morgan fingerprint density at radius 2 is 1.81 bits per heavy atom. The van der Waals surface area contributed by atoms with Crippen molar-refractivity contribution >= 4 is 23.5 Å². The molecule has 2 N–H and O–H groups in total. The third-order valence-electron chi connectivity index (χ3n) is 4.41. The van der Waals surface area contributed by atoms with Gasteiger partial charge in [-0.25, -0.2) is 13.2 Å². The predicted molar refractivity (Wildman–Crippen MR) is 98.9 cm³/mol. The first-order valence-electron chi connectivity index (χ1n) is 8.86. The van der Waals surface area contributed by atoms with Crippen LogP contribution in [0, 0.1) is 11.6 Å². The second kappa shape index (κ2) is 9.50. The number of nitrogens with one attached hydrogen (secondary N) is 2. The maximum atomic E-state index is 14.5. The molecule has 1 amide bonds. The lowest BCUT2D eigenvalue weighted by atomic mass is 9.86. The highest BCUT2D eigenvalue weighted by molar-refractivity contribution is 7.98. The quantitative estimate of drug-likeness (QED) is 0.518. The van der Waals surface area contributed by atoms with E-state index in [1.807, 2.05) is 19.0 Å². The largest absolute Gasteiger partial charge is 0.380 e. The molecule has 26 heavy (non-hydrogen) atoms. The van der Waals surface area contributed by atoms with Gasteiger partial charge in [0.2, 0.25) is 0 Å². The minimum Gasteiger partial charge on any atom is -0.380 e. The topological polar surface area (TPSA) is 44.4 Å². The highest BCUT2D eigenvalue weighted by Crippen LogP contribution is 2.33. The molecular formula is C18H26F3N3OS. The second-order valence-corrected chi connectivity index (χ2v) is 7.78. The molecule has 0 heterocycles. The van der Waals surface area contributed by atoms with Gasteiger partial charge in [-0.1, -0.05) is 6.42 Å². The molecule has 0 spiro atoms. The van der Waals surface area contributed by atoms with E-state index in [9.17, 15) is 18.0 Å². The van der Waals surface area contributed by atoms with Crippen LogP contribution >= 0.6 is 11.9 Å². The molecule has 1 aromatic carbocycles. The average Bonchev–Trinajstić information content (AvgIpc) is 2.58. The number of anilines is 1. The molecule has 146 valence electrons. The Morgan fingerprint density at radius 1 is 1.19 bits per heavy atom. The molecule has 1 fully saturated rings. The Balaban J connectivity index is 1.91. The van der Waals surface area contributed by atoms with E-state index in [1.54, 1.807) is 0 Å². The molecule has 8 heteroatoms. The van der Waals surface area contributed by atoms with Gasteiger partial charge in [-0.3, -0.25) is 9.52 Å². The van der Waals surface area contributed by atoms with E-state index in [0.717, 1.165) is 43.5 Å². The summed E-state index contributed by atoms with van der Waals surface area (Å²) in [5.74, 6) is -2.20. The van der Waals surface area contributed by atoms with Crippen molar-refractivity contribution < 1.29 is 18.0 Å². The maximum absolute atomic E-state index is 14.5. The lowest BCUT2D eigenvalue weighted by Crippen LogP contribution is -2.42. The molecule has 1 aliphatic carbocycles. The van der Waals surface area contributed by atoms with Crippen LogP contribution in [0.1, 0.15) is 38.5 Å². The number of halogens is 3. The molecule has 2 rings (SSSR count). The number of carbonyl (C=O) groups is 1. The number of rotatable bonds is 8. The van der Waals surface area contributed by atoms with Gasteiger partial charge in [0, 0.05) is 11.4 Å². The fraction of sp³-hybridized carbons (Fsp3) is 0.611. The molecular weight excluding hydrogens is 363 g/mol. The number of benzene rings is 1. The van der Waals surface area contributed by atoms with Crippen LogP contribution < -0.4 is 10.0 Å². The molecule has 0 radical (unpaired) electrons. The van der Waals surface area contributed by atoms with Crippen molar-refractivity contribution in [2.75, 3.05) is 32.5 Å². The van der Waals surface area contributed by atoms with Crippen LogP contribution in [0.15, 0.2) is 17.0 Å². The summed E-state index contributed by atoms with van der Waals surface area (Å²) in [6.45, 7) is 1.25. The smallest absolute Gasteiger partial charge is 0.267 e. The highest BCUT2D eigenvalue weighted by atomic mass is 32.2. The number of carbonyl (C=O) groups excluding carboxylic acids is 1. The molecule has 0 atom stereocenters. The number of nitrogens with zero attached hydrogens (tertiary/aromatic N) is 1. The molecule has 0 bridgehead atoms. The number of amides is 1. The van der Waals surface area contributed by atoms with Crippen molar-refractivity contribution in [2.45, 2.75) is 49.1 Å². The molecule has 0 aromatic heterocycles. The van der Waals surface area contributed by atoms with Gasteiger partial charge in [-0.2, -0.15) is 0 Å². The minimum absolute atomic E-state index is 0.186. The Morgan fingerprint density at radius 3 is 2.38 bits per heavy atom. The molecule has 0 saturated heterocycles. The van der Waals surface area contributed by atoms with E-state index in [0.29, 0.717) is 19.4 Å². The molecule has 1 aromatic rings. The molecule has 1 aliphatic rings. The Hall–Kier alpha value is -1.41. The van der Waals surface area contributed by atoms with Crippen LogP contribution in [-0.4, -0.2) is 43.7 Å². The first-order chi connectivity index (χ1) is 12.3. The molecule has 1 saturated carbocycles. The van der Waals surface area contributed by atoms with Crippen LogP contribution in [0.25, 0.3) is 0 Å². The summed E-state index contributed by atoms with van der Waals surface area (Å²) in [5.41, 5.74) is -2.07. The SMILES string of the molecule is CN(C)CCCNc1c(F)cc(SNC(=O)C2(F)CCCCC2)cc1F. The van der Waals surface area contributed by atoms with E-state index in [1.165, 1.54) is 0 Å². The van der Waals surface area contributed by atoms with Crippen LogP contribution in [0.2, 0.25) is 0 Å². The van der Waals surface area contributed by atoms with Gasteiger partial charge in [-0.05, 0) is 76.8 Å². The lowest BCUT2D eigenvalue weighted by molar-refractivity contribution is -0.132. The van der Waals surface area contributed by atoms with Crippen molar-refractivity contribution in [3.63, 3.8) is 0 Å². The van der Waals surface area contributed by atoms with Gasteiger partial charge in [0.1, 0.15) is 17.3 Å². The van der Waals surface area contributed by atoms with Gasteiger partial charge in [-0.15, -0.1) is 0 Å². The van der Waals surface area contributed by atoms with Gasteiger partial charge < -0.3 is 10.2 Å². The van der Waals surface area contributed by atoms with Crippen molar-refractivity contribution in [1.82, 2.24) is 9.62 Å². The van der Waals surface area contributed by atoms with Gasteiger partial charge >= 0.3 is 0 Å². The Kier molecular flexibility index (Phi) is 7.64. The van der Waals surface area contributed by atoms with Gasteiger partial charge in [0.25, 0.3) is 5.91 Å². The predicted octanol–water partition coefficient (Wildman–Crippen LogP) is 4.12. The Labute approximate surface area is 157 Å². The van der Waals surface area contributed by atoms with Crippen LogP contribution in [0.3, 0.4) is 0 Å². The Bertz CT molecular complexity index is 599. The van der Waals surface area contributed by atoms with Gasteiger partial charge in [0.15, 0.2) is 5.67 Å². The molecule has 0 unspecified atom stereocenters. The van der Waals surface area contributed by atoms with Crippen LogP contribution in [-0.2, 0) is 4.79 Å². The third-order valence-corrected chi connectivity index (χ3v) is 5.17. The third kappa shape index (κ3) is 5.81. The summed E-state index contributed by atoms with van der Waals surface area (Å²) in [6.07, 6.45) is 3.40. The number of alkyl halides is 1. The van der Waals surface area contributed by atoms with Crippen molar-refractivity contribution in [3.8, 4) is 0 Å². The summed E-state index contributed by atoms with van der Waals surface area (Å²) in [6, 6.07) is 2.27. The monoisotopic (exact) mass is 389 g/mol. The average molecular weight is 389 g/mol.